The van der Waals surface area contributed by atoms with Gasteiger partial charge < -0.3 is 9.30 Å². The van der Waals surface area contributed by atoms with Crippen molar-refractivity contribution in [1.82, 2.24) is 4.57 Å². The number of ether oxygens (including phenoxy) is 1. The van der Waals surface area contributed by atoms with Crippen LogP contribution in [0.2, 0.25) is 0 Å². The van der Waals surface area contributed by atoms with E-state index in [4.69, 9.17) is 4.74 Å². The van der Waals surface area contributed by atoms with E-state index in [2.05, 4.69) is 12.1 Å². The molecule has 0 aliphatic carbocycles. The Morgan fingerprint density at radius 3 is 2.74 bits per heavy atom. The van der Waals surface area contributed by atoms with Crippen LogP contribution in [-0.2, 0) is 6.54 Å². The first-order valence-electron chi connectivity index (χ1n) is 7.91. The summed E-state index contributed by atoms with van der Waals surface area (Å²) in [5, 5.41) is 3.00. The third-order valence-corrected chi connectivity index (χ3v) is 3.84. The Labute approximate surface area is 135 Å². The highest BCUT2D eigenvalue weighted by atomic mass is 16.5. The van der Waals surface area contributed by atoms with Crippen molar-refractivity contribution in [3.8, 4) is 5.75 Å². The van der Waals surface area contributed by atoms with Crippen LogP contribution in [0.1, 0.15) is 37.3 Å². The molecule has 0 saturated heterocycles. The minimum absolute atomic E-state index is 0.123. The Balaban J connectivity index is 2.10. The van der Waals surface area contributed by atoms with Crippen LogP contribution in [-0.4, -0.2) is 11.2 Å². The molecule has 0 atom stereocenters. The number of rotatable bonds is 8. The molecule has 0 N–H and O–H groups in total. The van der Waals surface area contributed by atoms with Crippen LogP contribution >= 0.6 is 0 Å². The molecule has 5 heteroatoms. The van der Waals surface area contributed by atoms with Gasteiger partial charge in [0.15, 0.2) is 0 Å². The van der Waals surface area contributed by atoms with Crippen molar-refractivity contribution >= 4 is 5.69 Å². The Kier molecular flexibility index (Phi) is 6.09. The van der Waals surface area contributed by atoms with Gasteiger partial charge in [0.1, 0.15) is 11.4 Å². The average molecular weight is 314 g/mol. The van der Waals surface area contributed by atoms with E-state index in [1.54, 1.807) is 29.0 Å². The van der Waals surface area contributed by atoms with Gasteiger partial charge in [-0.1, -0.05) is 31.9 Å². The molecule has 0 bridgehead atoms. The smallest absolute Gasteiger partial charge is 0.254 e. The highest BCUT2D eigenvalue weighted by molar-refractivity contribution is 5.49. The number of aromatic nitrogens is 1. The molecule has 23 heavy (non-hydrogen) atoms. The largest absolute Gasteiger partial charge is 0.493 e. The fourth-order valence-electron chi connectivity index (χ4n) is 2.38. The Morgan fingerprint density at radius 2 is 2.04 bits per heavy atom. The van der Waals surface area contributed by atoms with Crippen molar-refractivity contribution in [2.45, 2.75) is 39.7 Å². The lowest BCUT2D eigenvalue weighted by molar-refractivity contribution is 0.305. The van der Waals surface area contributed by atoms with Crippen molar-refractivity contribution in [2.75, 3.05) is 6.61 Å². The van der Waals surface area contributed by atoms with E-state index in [9.17, 15) is 9.70 Å². The number of hydrogen-bond donors (Lipinski definition) is 0. The Morgan fingerprint density at radius 1 is 1.22 bits per heavy atom. The average Bonchev–Trinajstić information content (AvgIpc) is 2.55. The second-order valence-electron chi connectivity index (χ2n) is 5.54. The minimum Gasteiger partial charge on any atom is -0.493 e. The first-order valence-corrected chi connectivity index (χ1v) is 7.91. The molecule has 1 aromatic heterocycles. The molecule has 0 aliphatic rings. The molecule has 0 spiro atoms. The zero-order valence-electron chi connectivity index (χ0n) is 13.6. The van der Waals surface area contributed by atoms with Gasteiger partial charge in [-0.3, -0.25) is 4.79 Å². The van der Waals surface area contributed by atoms with Crippen molar-refractivity contribution in [3.05, 3.63) is 62.9 Å². The van der Waals surface area contributed by atoms with Crippen molar-refractivity contribution in [2.24, 2.45) is 5.18 Å². The summed E-state index contributed by atoms with van der Waals surface area (Å²) in [5.74, 6) is 0.599. The highest BCUT2D eigenvalue weighted by Gasteiger charge is 2.06. The lowest BCUT2D eigenvalue weighted by Crippen LogP contribution is -2.19. The minimum atomic E-state index is -0.123. The Hall–Kier alpha value is -2.43. The maximum atomic E-state index is 12.2. The number of unbranched alkanes of at least 4 members (excludes halogenated alkanes) is 2. The van der Waals surface area contributed by atoms with Gasteiger partial charge in [0, 0.05) is 12.3 Å². The molecule has 5 nitrogen and oxygen atoms in total. The molecule has 2 rings (SSSR count). The van der Waals surface area contributed by atoms with E-state index >= 15 is 0 Å². The van der Waals surface area contributed by atoms with E-state index < -0.39 is 0 Å². The van der Waals surface area contributed by atoms with Gasteiger partial charge in [-0.05, 0) is 41.8 Å². The van der Waals surface area contributed by atoms with E-state index in [1.165, 1.54) is 6.07 Å². The second-order valence-corrected chi connectivity index (χ2v) is 5.54. The molecule has 0 aliphatic heterocycles. The second kappa shape index (κ2) is 8.27. The van der Waals surface area contributed by atoms with Crippen LogP contribution in [0.15, 0.2) is 46.5 Å². The van der Waals surface area contributed by atoms with Gasteiger partial charge in [0.05, 0.1) is 13.2 Å². The van der Waals surface area contributed by atoms with Gasteiger partial charge in [-0.15, -0.1) is 4.91 Å². The van der Waals surface area contributed by atoms with Crippen LogP contribution in [0.25, 0.3) is 0 Å². The van der Waals surface area contributed by atoms with E-state index in [0.717, 1.165) is 30.4 Å². The molecular weight excluding hydrogens is 292 g/mol. The van der Waals surface area contributed by atoms with Crippen molar-refractivity contribution in [3.63, 3.8) is 0 Å². The molecule has 122 valence electrons. The lowest BCUT2D eigenvalue weighted by Gasteiger charge is -2.11. The maximum Gasteiger partial charge on any atom is 0.254 e. The molecule has 0 saturated carbocycles. The number of benzene rings is 1. The summed E-state index contributed by atoms with van der Waals surface area (Å²) < 4.78 is 7.18. The zero-order chi connectivity index (χ0) is 16.7. The predicted octanol–water partition coefficient (Wildman–Crippen LogP) is 4.17. The number of nitrogens with zero attached hydrogens (tertiary/aromatic N) is 2. The molecule has 0 radical (unpaired) electrons. The summed E-state index contributed by atoms with van der Waals surface area (Å²) in [4.78, 5) is 23.0. The predicted molar refractivity (Wildman–Crippen MR) is 91.5 cm³/mol. The molecule has 0 amide bonds. The summed E-state index contributed by atoms with van der Waals surface area (Å²) in [5.41, 5.74) is 1.99. The van der Waals surface area contributed by atoms with Gasteiger partial charge in [-0.25, -0.2) is 0 Å². The maximum absolute atomic E-state index is 12.2. The fraction of sp³-hybridized carbons (Fsp3) is 0.389. The first kappa shape index (κ1) is 16.9. The Bertz CT molecular complexity index is 722. The van der Waals surface area contributed by atoms with Crippen LogP contribution in [0.4, 0.5) is 5.69 Å². The van der Waals surface area contributed by atoms with Crippen LogP contribution in [0.3, 0.4) is 0 Å². The molecule has 2 aromatic rings. The zero-order valence-corrected chi connectivity index (χ0v) is 13.6. The topological polar surface area (TPSA) is 60.7 Å². The molecule has 1 heterocycles. The fourth-order valence-corrected chi connectivity index (χ4v) is 2.38. The van der Waals surface area contributed by atoms with Crippen LogP contribution in [0, 0.1) is 11.8 Å². The van der Waals surface area contributed by atoms with Crippen molar-refractivity contribution < 1.29 is 4.74 Å². The molecule has 0 fully saturated rings. The SMILES string of the molecule is CCCCCOc1ccn(Cc2cccc(N=O)c2C)c(=O)c1. The van der Waals surface area contributed by atoms with E-state index in [-0.39, 0.29) is 5.56 Å². The van der Waals surface area contributed by atoms with Gasteiger partial charge in [-0.2, -0.15) is 0 Å². The summed E-state index contributed by atoms with van der Waals surface area (Å²) in [6.45, 7) is 5.01. The summed E-state index contributed by atoms with van der Waals surface area (Å²) >= 11 is 0. The summed E-state index contributed by atoms with van der Waals surface area (Å²) in [6, 6.07) is 8.64. The molecular formula is C18H22N2O3. The van der Waals surface area contributed by atoms with E-state index in [0.29, 0.717) is 24.6 Å². The molecule has 1 aromatic carbocycles. The normalized spacial score (nSPS) is 10.5. The third-order valence-electron chi connectivity index (χ3n) is 3.84. The van der Waals surface area contributed by atoms with Crippen LogP contribution in [0.5, 0.6) is 5.75 Å². The van der Waals surface area contributed by atoms with Gasteiger partial charge in [0.25, 0.3) is 5.56 Å². The van der Waals surface area contributed by atoms with Crippen molar-refractivity contribution in [1.29, 1.82) is 0 Å². The van der Waals surface area contributed by atoms with Gasteiger partial charge in [0.2, 0.25) is 0 Å². The standard InChI is InChI=1S/C18H22N2O3/c1-3-4-5-11-23-16-9-10-20(18(21)12-16)13-15-7-6-8-17(19-22)14(15)2/h6-10,12H,3-5,11,13H2,1-2H3. The molecule has 0 unspecified atom stereocenters. The first-order chi connectivity index (χ1) is 11.2. The number of nitroso groups, excluding NO2 is 1. The van der Waals surface area contributed by atoms with Gasteiger partial charge >= 0.3 is 0 Å². The van der Waals surface area contributed by atoms with E-state index in [1.807, 2.05) is 13.0 Å². The monoisotopic (exact) mass is 314 g/mol. The highest BCUT2D eigenvalue weighted by Crippen LogP contribution is 2.22. The lowest BCUT2D eigenvalue weighted by atomic mass is 10.1. The summed E-state index contributed by atoms with van der Waals surface area (Å²) in [7, 11) is 0. The number of pyridine rings is 1. The third kappa shape index (κ3) is 4.52. The quantitative estimate of drug-likeness (QED) is 0.542. The summed E-state index contributed by atoms with van der Waals surface area (Å²) in [6.07, 6.45) is 4.97. The van der Waals surface area contributed by atoms with Crippen LogP contribution < -0.4 is 10.3 Å². The number of hydrogen-bond acceptors (Lipinski definition) is 4.